The monoisotopic (exact) mass is 567 g/mol. The fraction of sp³-hybridized carbons (Fsp3) is 0.370. The third-order valence-electron chi connectivity index (χ3n) is 6.55. The van der Waals surface area contributed by atoms with E-state index in [1.165, 1.54) is 4.90 Å². The van der Waals surface area contributed by atoms with E-state index in [1.807, 2.05) is 36.1 Å². The number of piperazine rings is 1. The minimum Gasteiger partial charge on any atom is -0.497 e. The summed E-state index contributed by atoms with van der Waals surface area (Å²) in [6.45, 7) is 4.75. The molecule has 13 heteroatoms. The number of hydrogen-bond donors (Lipinski definition) is 1. The second-order valence-electron chi connectivity index (χ2n) is 9.38. The van der Waals surface area contributed by atoms with Crippen LogP contribution in [0.3, 0.4) is 0 Å². The van der Waals surface area contributed by atoms with E-state index in [1.54, 1.807) is 14.0 Å². The van der Waals surface area contributed by atoms with Crippen LogP contribution in [-0.4, -0.2) is 54.2 Å². The van der Waals surface area contributed by atoms with Gasteiger partial charge in [0.15, 0.2) is 0 Å². The van der Waals surface area contributed by atoms with E-state index < -0.39 is 35.2 Å². The van der Waals surface area contributed by atoms with Crippen molar-refractivity contribution in [2.45, 2.75) is 32.6 Å². The van der Waals surface area contributed by atoms with Crippen molar-refractivity contribution >= 4 is 17.5 Å². The predicted octanol–water partition coefficient (Wildman–Crippen LogP) is 6.08. The Labute approximate surface area is 226 Å². The number of aromatic nitrogens is 2. The summed E-state index contributed by atoms with van der Waals surface area (Å²) >= 11 is 0. The van der Waals surface area contributed by atoms with Crippen molar-refractivity contribution in [1.29, 1.82) is 0 Å². The quantitative estimate of drug-likeness (QED) is 0.379. The van der Waals surface area contributed by atoms with E-state index in [2.05, 4.69) is 15.3 Å². The van der Waals surface area contributed by atoms with Gasteiger partial charge in [-0.05, 0) is 49.7 Å². The Hall–Kier alpha value is -4.03. The van der Waals surface area contributed by atoms with Crippen LogP contribution in [0.5, 0.6) is 5.75 Å². The average Bonchev–Trinajstić information content (AvgIpc) is 2.89. The van der Waals surface area contributed by atoms with Gasteiger partial charge in [0.1, 0.15) is 17.4 Å². The van der Waals surface area contributed by atoms with Gasteiger partial charge >= 0.3 is 18.4 Å². The van der Waals surface area contributed by atoms with Gasteiger partial charge in [0.2, 0.25) is 0 Å². The van der Waals surface area contributed by atoms with E-state index in [9.17, 15) is 31.1 Å². The number of methoxy groups -OCH3 is 1. The molecule has 1 saturated heterocycles. The SMILES string of the molecule is COc1ccc(Cc2c(C)nc(C)nc2N2CCN(C(=O)Nc3cc(C(F)(F)F)cc(C(F)(F)F)c3)CC2)cc1. The summed E-state index contributed by atoms with van der Waals surface area (Å²) in [7, 11) is 1.59. The van der Waals surface area contributed by atoms with Gasteiger partial charge in [-0.1, -0.05) is 12.1 Å². The van der Waals surface area contributed by atoms with Crippen LogP contribution in [0.4, 0.5) is 42.6 Å². The number of urea groups is 1. The summed E-state index contributed by atoms with van der Waals surface area (Å²) < 4.78 is 84.3. The minimum atomic E-state index is -5.01. The van der Waals surface area contributed by atoms with Gasteiger partial charge in [0.05, 0.1) is 18.2 Å². The fourth-order valence-corrected chi connectivity index (χ4v) is 4.48. The number of ether oxygens (including phenoxy) is 1. The first-order valence-corrected chi connectivity index (χ1v) is 12.3. The van der Waals surface area contributed by atoms with Gasteiger partial charge in [-0.3, -0.25) is 0 Å². The third-order valence-corrected chi connectivity index (χ3v) is 6.55. The van der Waals surface area contributed by atoms with Gasteiger partial charge < -0.3 is 19.9 Å². The number of nitrogens with zero attached hydrogens (tertiary/aromatic N) is 4. The van der Waals surface area contributed by atoms with Crippen molar-refractivity contribution in [3.8, 4) is 5.75 Å². The molecule has 1 fully saturated rings. The first-order valence-electron chi connectivity index (χ1n) is 12.3. The number of carbonyl (C=O) groups excluding carboxylic acids is 1. The molecular formula is C27H27F6N5O2. The molecule has 3 aromatic rings. The van der Waals surface area contributed by atoms with Gasteiger partial charge in [-0.15, -0.1) is 0 Å². The number of carbonyl (C=O) groups is 1. The first kappa shape index (κ1) is 29.0. The van der Waals surface area contributed by atoms with Crippen molar-refractivity contribution in [2.24, 2.45) is 0 Å². The molecule has 1 aliphatic heterocycles. The lowest BCUT2D eigenvalue weighted by Gasteiger charge is -2.36. The number of anilines is 2. The molecule has 0 spiro atoms. The molecule has 40 heavy (non-hydrogen) atoms. The highest BCUT2D eigenvalue weighted by molar-refractivity contribution is 5.89. The van der Waals surface area contributed by atoms with E-state index >= 15 is 0 Å². The smallest absolute Gasteiger partial charge is 0.416 e. The van der Waals surface area contributed by atoms with Crippen LogP contribution in [0, 0.1) is 13.8 Å². The Morgan fingerprint density at radius 1 is 0.900 bits per heavy atom. The molecule has 0 aliphatic carbocycles. The highest BCUT2D eigenvalue weighted by Gasteiger charge is 2.37. The fourth-order valence-electron chi connectivity index (χ4n) is 4.48. The molecule has 1 aromatic heterocycles. The molecule has 0 unspecified atom stereocenters. The highest BCUT2D eigenvalue weighted by Crippen LogP contribution is 2.37. The number of aryl methyl sites for hydroxylation is 2. The van der Waals surface area contributed by atoms with Crippen LogP contribution >= 0.6 is 0 Å². The molecule has 0 saturated carbocycles. The summed E-state index contributed by atoms with van der Waals surface area (Å²) in [5, 5.41) is 2.20. The molecule has 0 bridgehead atoms. The van der Waals surface area contributed by atoms with Crippen molar-refractivity contribution in [3.63, 3.8) is 0 Å². The van der Waals surface area contributed by atoms with Gasteiger partial charge in [-0.2, -0.15) is 26.3 Å². The molecular weight excluding hydrogens is 540 g/mol. The molecule has 1 N–H and O–H groups in total. The second-order valence-corrected chi connectivity index (χ2v) is 9.38. The zero-order chi connectivity index (χ0) is 29.2. The number of alkyl halides is 6. The van der Waals surface area contributed by atoms with E-state index in [-0.39, 0.29) is 19.2 Å². The summed E-state index contributed by atoms with van der Waals surface area (Å²) in [6, 6.07) is 7.81. The Kier molecular flexibility index (Phi) is 8.13. The van der Waals surface area contributed by atoms with E-state index in [4.69, 9.17) is 4.74 Å². The standard InChI is InChI=1S/C27H27F6N5O2/c1-16-23(12-18-4-6-22(40-3)7-5-18)24(35-17(2)34-16)37-8-10-38(11-9-37)25(39)36-21-14-19(26(28,29)30)13-20(15-21)27(31,32)33/h4-7,13-15H,8-12H2,1-3H3,(H,36,39). The van der Waals surface area contributed by atoms with Crippen LogP contribution in [0.1, 0.15) is 33.8 Å². The minimum absolute atomic E-state index is 0.0175. The van der Waals surface area contributed by atoms with E-state index in [0.29, 0.717) is 43.3 Å². The third kappa shape index (κ3) is 6.75. The summed E-state index contributed by atoms with van der Waals surface area (Å²) in [4.78, 5) is 25.3. The maximum atomic E-state index is 13.2. The highest BCUT2D eigenvalue weighted by atomic mass is 19.4. The number of rotatable bonds is 5. The summed E-state index contributed by atoms with van der Waals surface area (Å²) in [6.07, 6.45) is -9.46. The van der Waals surface area contributed by atoms with Gasteiger partial charge in [0, 0.05) is 49.5 Å². The zero-order valence-electron chi connectivity index (χ0n) is 22.0. The molecule has 2 aromatic carbocycles. The van der Waals surface area contributed by atoms with Crippen LogP contribution in [-0.2, 0) is 18.8 Å². The van der Waals surface area contributed by atoms with Crippen molar-refractivity contribution in [3.05, 3.63) is 76.2 Å². The molecule has 0 radical (unpaired) electrons. The average molecular weight is 568 g/mol. The lowest BCUT2D eigenvalue weighted by molar-refractivity contribution is -0.143. The number of halogens is 6. The second kappa shape index (κ2) is 11.2. The molecule has 2 amide bonds. The van der Waals surface area contributed by atoms with Crippen LogP contribution < -0.4 is 15.0 Å². The Morgan fingerprint density at radius 2 is 1.48 bits per heavy atom. The Balaban J connectivity index is 1.48. The summed E-state index contributed by atoms with van der Waals surface area (Å²) in [5.41, 5.74) is -0.836. The zero-order valence-corrected chi connectivity index (χ0v) is 22.0. The van der Waals surface area contributed by atoms with E-state index in [0.717, 1.165) is 22.6 Å². The number of benzene rings is 2. The Morgan fingerprint density at radius 3 is 2.00 bits per heavy atom. The molecule has 2 heterocycles. The van der Waals surface area contributed by atoms with Crippen molar-refractivity contribution < 1.29 is 35.9 Å². The predicted molar refractivity (Wildman–Crippen MR) is 137 cm³/mol. The van der Waals surface area contributed by atoms with Crippen molar-refractivity contribution in [1.82, 2.24) is 14.9 Å². The molecule has 214 valence electrons. The largest absolute Gasteiger partial charge is 0.497 e. The van der Waals surface area contributed by atoms with Gasteiger partial charge in [-0.25, -0.2) is 14.8 Å². The lowest BCUT2D eigenvalue weighted by Crippen LogP contribution is -2.50. The molecule has 0 atom stereocenters. The maximum absolute atomic E-state index is 13.2. The van der Waals surface area contributed by atoms with Crippen LogP contribution in [0.2, 0.25) is 0 Å². The van der Waals surface area contributed by atoms with Crippen LogP contribution in [0.15, 0.2) is 42.5 Å². The summed E-state index contributed by atoms with van der Waals surface area (Å²) in [5.74, 6) is 2.03. The maximum Gasteiger partial charge on any atom is 0.416 e. The number of amides is 2. The van der Waals surface area contributed by atoms with Gasteiger partial charge in [0.25, 0.3) is 0 Å². The number of nitrogens with one attached hydrogen (secondary N) is 1. The topological polar surface area (TPSA) is 70.6 Å². The normalized spacial score (nSPS) is 14.3. The van der Waals surface area contributed by atoms with Crippen molar-refractivity contribution in [2.75, 3.05) is 43.5 Å². The Bertz CT molecular complexity index is 1340. The molecule has 4 rings (SSSR count). The lowest BCUT2D eigenvalue weighted by atomic mass is 10.0. The number of hydrogen-bond acceptors (Lipinski definition) is 5. The molecule has 1 aliphatic rings. The van der Waals surface area contributed by atoms with Crippen LogP contribution in [0.25, 0.3) is 0 Å². The first-order chi connectivity index (χ1) is 18.7. The molecule has 7 nitrogen and oxygen atoms in total.